The minimum absolute atomic E-state index is 0.786. The van der Waals surface area contributed by atoms with Crippen LogP contribution in [0.15, 0.2) is 22.2 Å². The minimum Gasteiger partial charge on any atom is -0.0875 e. The van der Waals surface area contributed by atoms with Crippen molar-refractivity contribution < 1.29 is 0 Å². The monoisotopic (exact) mass is 148 g/mol. The Bertz CT molecular complexity index is 129. The van der Waals surface area contributed by atoms with Gasteiger partial charge in [-0.05, 0) is 0 Å². The van der Waals surface area contributed by atoms with Crippen molar-refractivity contribution in [2.24, 2.45) is 0 Å². The molecule has 0 aromatic heterocycles. The number of hydrogen-bond donors (Lipinski definition) is 0. The van der Waals surface area contributed by atoms with Crippen LogP contribution >= 0.6 is 23.2 Å². The Morgan fingerprint density at radius 3 is 1.62 bits per heavy atom. The summed E-state index contributed by atoms with van der Waals surface area (Å²) in [5.74, 6) is 0. The van der Waals surface area contributed by atoms with E-state index >= 15 is 0 Å². The Labute approximate surface area is 58.8 Å². The van der Waals surface area contributed by atoms with Crippen LogP contribution in [0.5, 0.6) is 0 Å². The van der Waals surface area contributed by atoms with Gasteiger partial charge < -0.3 is 0 Å². The second-order valence-corrected chi connectivity index (χ2v) is 2.60. The molecular weight excluding hydrogens is 143 g/mol. The predicted octanol–water partition coefficient (Wildman–Crippen LogP) is 3.03. The standard InChI is InChI=1S/C6H6Cl2/c7-5-3-1-2-4-6(5)8/h1-2H,3-4H2. The summed E-state index contributed by atoms with van der Waals surface area (Å²) in [6, 6.07) is 0. The SMILES string of the molecule is ClC1=C(Cl)CC=CC1. The molecule has 0 amide bonds. The van der Waals surface area contributed by atoms with E-state index in [1.807, 2.05) is 12.2 Å². The maximum absolute atomic E-state index is 5.66. The van der Waals surface area contributed by atoms with Gasteiger partial charge in [0.15, 0.2) is 0 Å². The molecule has 0 unspecified atom stereocenters. The number of halogens is 2. The number of rotatable bonds is 0. The van der Waals surface area contributed by atoms with E-state index in [1.165, 1.54) is 0 Å². The van der Waals surface area contributed by atoms with Crippen LogP contribution in [0.25, 0.3) is 0 Å². The van der Waals surface area contributed by atoms with Crippen LogP contribution < -0.4 is 0 Å². The lowest BCUT2D eigenvalue weighted by molar-refractivity contribution is 1.18. The van der Waals surface area contributed by atoms with E-state index in [1.54, 1.807) is 0 Å². The molecule has 0 aromatic carbocycles. The lowest BCUT2D eigenvalue weighted by atomic mass is 10.2. The van der Waals surface area contributed by atoms with E-state index in [0.717, 1.165) is 22.9 Å². The third-order valence-electron chi connectivity index (χ3n) is 1.06. The van der Waals surface area contributed by atoms with Gasteiger partial charge in [-0.2, -0.15) is 0 Å². The summed E-state index contributed by atoms with van der Waals surface area (Å²) in [6.07, 6.45) is 5.66. The molecule has 0 atom stereocenters. The van der Waals surface area contributed by atoms with Gasteiger partial charge in [0, 0.05) is 22.9 Å². The van der Waals surface area contributed by atoms with E-state index in [4.69, 9.17) is 23.2 Å². The molecule has 1 aliphatic carbocycles. The maximum Gasteiger partial charge on any atom is 0.0366 e. The van der Waals surface area contributed by atoms with Crippen molar-refractivity contribution in [1.82, 2.24) is 0 Å². The van der Waals surface area contributed by atoms with Crippen LogP contribution in [0.1, 0.15) is 12.8 Å². The lowest BCUT2D eigenvalue weighted by Gasteiger charge is -2.02. The van der Waals surface area contributed by atoms with Crippen LogP contribution in [0.2, 0.25) is 0 Å². The zero-order valence-electron chi connectivity index (χ0n) is 4.32. The molecule has 0 fully saturated rings. The van der Waals surface area contributed by atoms with Crippen LogP contribution in [0.4, 0.5) is 0 Å². The van der Waals surface area contributed by atoms with Crippen LogP contribution in [0, 0.1) is 0 Å². The van der Waals surface area contributed by atoms with Crippen LogP contribution in [-0.4, -0.2) is 0 Å². The second-order valence-electron chi connectivity index (χ2n) is 1.69. The van der Waals surface area contributed by atoms with Gasteiger partial charge in [-0.15, -0.1) is 0 Å². The van der Waals surface area contributed by atoms with Crippen LogP contribution in [0.3, 0.4) is 0 Å². The Balaban J connectivity index is 2.67. The summed E-state index contributed by atoms with van der Waals surface area (Å²) < 4.78 is 0. The summed E-state index contributed by atoms with van der Waals surface area (Å²) in [6.45, 7) is 0. The molecule has 44 valence electrons. The molecule has 1 rings (SSSR count). The maximum atomic E-state index is 5.66. The number of hydrogen-bond acceptors (Lipinski definition) is 0. The Kier molecular flexibility index (Phi) is 1.98. The smallest absolute Gasteiger partial charge is 0.0366 e. The van der Waals surface area contributed by atoms with Gasteiger partial charge in [0.05, 0.1) is 0 Å². The summed E-state index contributed by atoms with van der Waals surface area (Å²) in [4.78, 5) is 0. The van der Waals surface area contributed by atoms with Gasteiger partial charge in [-0.25, -0.2) is 0 Å². The van der Waals surface area contributed by atoms with Crippen molar-refractivity contribution in [3.63, 3.8) is 0 Å². The fourth-order valence-electron chi connectivity index (χ4n) is 0.595. The normalized spacial score (nSPS) is 19.8. The summed E-state index contributed by atoms with van der Waals surface area (Å²) >= 11 is 11.3. The van der Waals surface area contributed by atoms with E-state index in [9.17, 15) is 0 Å². The summed E-state index contributed by atoms with van der Waals surface area (Å²) in [5.41, 5.74) is 0. The zero-order chi connectivity index (χ0) is 5.98. The third-order valence-corrected chi connectivity index (χ3v) is 1.92. The Hall–Kier alpha value is 0.0600. The van der Waals surface area contributed by atoms with Gasteiger partial charge in [-0.3, -0.25) is 0 Å². The molecule has 0 aromatic rings. The fourth-order valence-corrected chi connectivity index (χ4v) is 0.928. The minimum atomic E-state index is 0.786. The van der Waals surface area contributed by atoms with Gasteiger partial charge in [-0.1, -0.05) is 35.4 Å². The third kappa shape index (κ3) is 1.27. The van der Waals surface area contributed by atoms with Gasteiger partial charge in [0.25, 0.3) is 0 Å². The van der Waals surface area contributed by atoms with Crippen molar-refractivity contribution in [2.75, 3.05) is 0 Å². The molecule has 0 aliphatic heterocycles. The zero-order valence-corrected chi connectivity index (χ0v) is 5.84. The molecule has 0 nitrogen and oxygen atoms in total. The molecule has 0 spiro atoms. The van der Waals surface area contributed by atoms with Crippen molar-refractivity contribution >= 4 is 23.2 Å². The van der Waals surface area contributed by atoms with E-state index in [-0.39, 0.29) is 0 Å². The highest BCUT2D eigenvalue weighted by molar-refractivity contribution is 6.39. The van der Waals surface area contributed by atoms with Crippen molar-refractivity contribution in [3.8, 4) is 0 Å². The van der Waals surface area contributed by atoms with Gasteiger partial charge >= 0.3 is 0 Å². The first-order valence-corrected chi connectivity index (χ1v) is 3.24. The molecule has 0 saturated carbocycles. The van der Waals surface area contributed by atoms with Crippen molar-refractivity contribution in [1.29, 1.82) is 0 Å². The predicted molar refractivity (Wildman–Crippen MR) is 37.1 cm³/mol. The van der Waals surface area contributed by atoms with Gasteiger partial charge in [0.1, 0.15) is 0 Å². The molecule has 2 heteroatoms. The largest absolute Gasteiger partial charge is 0.0875 e. The highest BCUT2D eigenvalue weighted by Crippen LogP contribution is 2.24. The van der Waals surface area contributed by atoms with Crippen molar-refractivity contribution in [3.05, 3.63) is 22.2 Å². The quantitative estimate of drug-likeness (QED) is 0.464. The molecule has 0 heterocycles. The first-order valence-electron chi connectivity index (χ1n) is 2.48. The number of allylic oxidation sites excluding steroid dienone is 4. The van der Waals surface area contributed by atoms with Gasteiger partial charge in [0.2, 0.25) is 0 Å². The van der Waals surface area contributed by atoms with E-state index in [2.05, 4.69) is 0 Å². The molecule has 0 saturated heterocycles. The Morgan fingerprint density at radius 2 is 1.38 bits per heavy atom. The molecule has 0 N–H and O–H groups in total. The topological polar surface area (TPSA) is 0 Å². The Morgan fingerprint density at radius 1 is 1.00 bits per heavy atom. The second kappa shape index (κ2) is 2.56. The molecular formula is C6H6Cl2. The molecule has 0 bridgehead atoms. The molecule has 0 radical (unpaired) electrons. The average Bonchev–Trinajstić information content (AvgIpc) is 1.77. The molecule has 8 heavy (non-hydrogen) atoms. The first-order chi connectivity index (χ1) is 3.80. The summed E-state index contributed by atoms with van der Waals surface area (Å²) in [5, 5.41) is 1.57. The van der Waals surface area contributed by atoms with Crippen LogP contribution in [-0.2, 0) is 0 Å². The highest BCUT2D eigenvalue weighted by Gasteiger charge is 2.01. The van der Waals surface area contributed by atoms with E-state index in [0.29, 0.717) is 0 Å². The lowest BCUT2D eigenvalue weighted by Crippen LogP contribution is -1.81. The first kappa shape index (κ1) is 6.18. The molecule has 1 aliphatic rings. The van der Waals surface area contributed by atoms with Crippen molar-refractivity contribution in [2.45, 2.75) is 12.8 Å². The van der Waals surface area contributed by atoms with E-state index < -0.39 is 0 Å². The highest BCUT2D eigenvalue weighted by atomic mass is 35.5. The average molecular weight is 149 g/mol. The summed E-state index contributed by atoms with van der Waals surface area (Å²) in [7, 11) is 0. The fraction of sp³-hybridized carbons (Fsp3) is 0.333.